The summed E-state index contributed by atoms with van der Waals surface area (Å²) < 4.78 is 52.4. The van der Waals surface area contributed by atoms with Gasteiger partial charge in [-0.1, -0.05) is 13.8 Å². The maximum absolute atomic E-state index is 13.3. The zero-order chi connectivity index (χ0) is 48.5. The fraction of sp³-hybridized carbons (Fsp3) is 0.474. The van der Waals surface area contributed by atoms with Crippen LogP contribution in [0, 0.1) is 5.41 Å². The average Bonchev–Trinajstić information content (AvgIpc) is 3.17. The number of ether oxygens (including phenoxy) is 1. The van der Waals surface area contributed by atoms with Gasteiger partial charge in [0.05, 0.1) is 54.5 Å². The Bertz CT molecular complexity index is 2220. The quantitative estimate of drug-likeness (QED) is 0.0411. The number of amides is 5. The van der Waals surface area contributed by atoms with Crippen molar-refractivity contribution in [1.82, 2.24) is 25.8 Å². The summed E-state index contributed by atoms with van der Waals surface area (Å²) in [4.78, 5) is 101. The number of primary sulfonamides is 2. The summed E-state index contributed by atoms with van der Waals surface area (Å²) >= 11 is 0. The van der Waals surface area contributed by atoms with Crippen LogP contribution in [-0.4, -0.2) is 155 Å². The first-order chi connectivity index (χ1) is 29.6. The van der Waals surface area contributed by atoms with Gasteiger partial charge in [0.2, 0.25) is 49.6 Å². The van der Waals surface area contributed by atoms with Gasteiger partial charge in [-0.15, -0.1) is 0 Å². The van der Waals surface area contributed by atoms with Crippen LogP contribution in [0.2, 0.25) is 0 Å². The Balaban J connectivity index is 2.13. The number of nitrogens with two attached hydrogens (primary N) is 2. The summed E-state index contributed by atoms with van der Waals surface area (Å²) in [5.41, 5.74) is -1.80. The van der Waals surface area contributed by atoms with Crippen molar-refractivity contribution in [2.24, 2.45) is 15.7 Å². The molecule has 5 amide bonds. The van der Waals surface area contributed by atoms with Crippen molar-refractivity contribution in [1.29, 1.82) is 0 Å². The number of hydrogen-bond donors (Lipinski definition) is 9. The molecule has 64 heavy (non-hydrogen) atoms. The van der Waals surface area contributed by atoms with Crippen LogP contribution in [0.3, 0.4) is 0 Å². The number of carbonyl (C=O) groups is 8. The van der Waals surface area contributed by atoms with Gasteiger partial charge in [-0.25, -0.2) is 27.1 Å². The standard InChI is InChI=1S/C38H55N9O15S2/c1-37(2,36(57)45-29(19-33(52)53)35(56)41-14-17-48)13-18-62-38(3,4)24-42-30(49)20-46(21-31(50)43-25-5-9-27(10-6-25)63(39,58)59)15-16-47(23-34(54)55)22-32(51)44-26-7-11-28(12-8-26)64(40,60)61/h5-12,17,29H,13-16,18-24H2,1-4H3,(H,41,56)(H,42,49)(H,43,50)(H,44,51)(H,45,57)(H,52,53)(H,54,55)(H2,39,58,59)(H2,40,60,61)/t29-/m0/s1. The molecule has 354 valence electrons. The smallest absolute Gasteiger partial charge is 0.317 e. The van der Waals surface area contributed by atoms with E-state index in [4.69, 9.17) is 15.0 Å². The van der Waals surface area contributed by atoms with Gasteiger partial charge in [0.25, 0.3) is 0 Å². The summed E-state index contributed by atoms with van der Waals surface area (Å²) in [6.07, 6.45) is -0.229. The van der Waals surface area contributed by atoms with Crippen molar-refractivity contribution >= 4 is 79.2 Å². The second kappa shape index (κ2) is 24.2. The molecule has 0 bridgehead atoms. The Morgan fingerprint density at radius 1 is 0.703 bits per heavy atom. The average molecular weight is 942 g/mol. The van der Waals surface area contributed by atoms with Crippen molar-refractivity contribution in [3.05, 3.63) is 48.5 Å². The second-order valence-electron chi connectivity index (χ2n) is 15.6. The van der Waals surface area contributed by atoms with Crippen LogP contribution in [0.5, 0.6) is 0 Å². The number of rotatable bonds is 28. The number of sulfonamides is 2. The zero-order valence-electron chi connectivity index (χ0n) is 35.6. The van der Waals surface area contributed by atoms with Gasteiger partial charge in [-0.05, 0) is 68.8 Å². The van der Waals surface area contributed by atoms with E-state index in [1.54, 1.807) is 27.7 Å². The fourth-order valence-electron chi connectivity index (χ4n) is 5.49. The maximum atomic E-state index is 13.3. The highest BCUT2D eigenvalue weighted by atomic mass is 32.2. The number of carboxylic acids is 2. The summed E-state index contributed by atoms with van der Waals surface area (Å²) in [6.45, 7) is 3.72. The van der Waals surface area contributed by atoms with Crippen LogP contribution in [0.15, 0.2) is 58.3 Å². The van der Waals surface area contributed by atoms with E-state index in [1.165, 1.54) is 58.3 Å². The predicted molar refractivity (Wildman–Crippen MR) is 228 cm³/mol. The molecule has 0 aliphatic rings. The topological polar surface area (TPSA) is 373 Å². The van der Waals surface area contributed by atoms with Crippen LogP contribution in [0.25, 0.3) is 0 Å². The Labute approximate surface area is 369 Å². The second-order valence-corrected chi connectivity index (χ2v) is 18.7. The normalized spacial score (nSPS) is 12.5. The van der Waals surface area contributed by atoms with Crippen LogP contribution < -0.4 is 36.9 Å². The number of benzene rings is 2. The molecule has 0 aliphatic heterocycles. The van der Waals surface area contributed by atoms with Crippen LogP contribution in [0.4, 0.5) is 11.4 Å². The molecule has 11 N–H and O–H groups in total. The SMILES string of the molecule is CC(C)(CNC(=O)CN(CCN(CC(=O)O)CC(=O)Nc1ccc(S(N)(=O)=O)cc1)CC(=O)Nc1ccc(S(N)(=O)=O)cc1)OCCC(C)(C)C(=O)N[C@@H](CC(=O)O)C(=O)NCC=O. The molecule has 0 saturated heterocycles. The fourth-order valence-corrected chi connectivity index (χ4v) is 6.52. The number of anilines is 2. The molecule has 24 nitrogen and oxygen atoms in total. The van der Waals surface area contributed by atoms with E-state index in [0.717, 1.165) is 0 Å². The minimum absolute atomic E-state index is 0.0252. The molecule has 0 fully saturated rings. The molecule has 0 aliphatic carbocycles. The number of nitrogens with one attached hydrogen (secondary N) is 5. The van der Waals surface area contributed by atoms with Gasteiger partial charge in [0.15, 0.2) is 0 Å². The summed E-state index contributed by atoms with van der Waals surface area (Å²) in [6, 6.07) is 8.43. The Morgan fingerprint density at radius 2 is 1.16 bits per heavy atom. The van der Waals surface area contributed by atoms with Gasteiger partial charge < -0.3 is 46.3 Å². The number of nitrogens with zero attached hydrogens (tertiary/aromatic N) is 2. The molecule has 0 saturated carbocycles. The minimum Gasteiger partial charge on any atom is -0.481 e. The lowest BCUT2D eigenvalue weighted by atomic mass is 9.88. The third-order valence-electron chi connectivity index (χ3n) is 9.03. The summed E-state index contributed by atoms with van der Waals surface area (Å²) in [5, 5.41) is 41.4. The molecular weight excluding hydrogens is 887 g/mol. The van der Waals surface area contributed by atoms with Gasteiger partial charge in [-0.2, -0.15) is 0 Å². The Hall–Kier alpha value is -5.90. The third kappa shape index (κ3) is 20.5. The Kier molecular flexibility index (Phi) is 20.5. The van der Waals surface area contributed by atoms with E-state index in [0.29, 0.717) is 6.29 Å². The third-order valence-corrected chi connectivity index (χ3v) is 10.9. The minimum atomic E-state index is -4.01. The highest BCUT2D eigenvalue weighted by Gasteiger charge is 2.33. The van der Waals surface area contributed by atoms with Gasteiger partial charge in [-0.3, -0.25) is 43.4 Å². The first-order valence-electron chi connectivity index (χ1n) is 19.3. The summed E-state index contributed by atoms with van der Waals surface area (Å²) in [7, 11) is -8.00. The first-order valence-corrected chi connectivity index (χ1v) is 22.4. The van der Waals surface area contributed by atoms with E-state index in [-0.39, 0.29) is 60.4 Å². The maximum Gasteiger partial charge on any atom is 0.317 e. The van der Waals surface area contributed by atoms with Crippen LogP contribution in [-0.2, 0) is 63.1 Å². The molecular formula is C38H55N9O15S2. The molecule has 26 heteroatoms. The first kappa shape index (κ1) is 54.2. The largest absolute Gasteiger partial charge is 0.481 e. The zero-order valence-corrected chi connectivity index (χ0v) is 37.3. The van der Waals surface area contributed by atoms with Crippen LogP contribution in [0.1, 0.15) is 40.5 Å². The predicted octanol–water partition coefficient (Wildman–Crippen LogP) is -2.15. The van der Waals surface area contributed by atoms with E-state index in [1.807, 2.05) is 0 Å². The number of carboxylic acid groups (broad SMARTS) is 2. The molecule has 1 atom stereocenters. The molecule has 0 spiro atoms. The number of aldehydes is 1. The monoisotopic (exact) mass is 941 g/mol. The summed E-state index contributed by atoms with van der Waals surface area (Å²) in [5.74, 6) is -6.05. The van der Waals surface area contributed by atoms with E-state index in [2.05, 4.69) is 26.6 Å². The molecule has 0 unspecified atom stereocenters. The van der Waals surface area contributed by atoms with Crippen molar-refractivity contribution in [2.75, 3.05) is 69.6 Å². The van der Waals surface area contributed by atoms with E-state index in [9.17, 15) is 65.4 Å². The van der Waals surface area contributed by atoms with Crippen molar-refractivity contribution in [3.63, 3.8) is 0 Å². The van der Waals surface area contributed by atoms with Crippen molar-refractivity contribution < 1.29 is 70.1 Å². The van der Waals surface area contributed by atoms with E-state index < -0.39 is 111 Å². The Morgan fingerprint density at radius 3 is 1.58 bits per heavy atom. The van der Waals surface area contributed by atoms with Gasteiger partial charge in [0, 0.05) is 43.0 Å². The molecule has 0 heterocycles. The van der Waals surface area contributed by atoms with Crippen molar-refractivity contribution in [3.8, 4) is 0 Å². The van der Waals surface area contributed by atoms with Crippen LogP contribution >= 0.6 is 0 Å². The van der Waals surface area contributed by atoms with Crippen molar-refractivity contribution in [2.45, 2.75) is 62.0 Å². The molecule has 2 aromatic carbocycles. The number of aliphatic carboxylic acids is 2. The lowest BCUT2D eigenvalue weighted by molar-refractivity contribution is -0.142. The number of carbonyl (C=O) groups excluding carboxylic acids is 6. The van der Waals surface area contributed by atoms with Gasteiger partial charge in [0.1, 0.15) is 12.3 Å². The van der Waals surface area contributed by atoms with E-state index >= 15 is 0 Å². The highest BCUT2D eigenvalue weighted by Crippen LogP contribution is 2.23. The lowest BCUT2D eigenvalue weighted by Gasteiger charge is -2.30. The van der Waals surface area contributed by atoms with Gasteiger partial charge >= 0.3 is 11.9 Å². The molecule has 0 aromatic heterocycles. The molecule has 0 radical (unpaired) electrons. The number of hydrogen-bond acceptors (Lipinski definition) is 15. The highest BCUT2D eigenvalue weighted by molar-refractivity contribution is 7.89. The molecule has 2 aromatic rings. The molecule has 2 rings (SSSR count). The lowest BCUT2D eigenvalue weighted by Crippen LogP contribution is -2.51.